The van der Waals surface area contributed by atoms with E-state index in [1.54, 1.807) is 35.8 Å². The summed E-state index contributed by atoms with van der Waals surface area (Å²) in [4.78, 5) is 37.7. The predicted molar refractivity (Wildman–Crippen MR) is 135 cm³/mol. The van der Waals surface area contributed by atoms with E-state index in [0.717, 1.165) is 11.3 Å². The van der Waals surface area contributed by atoms with Crippen molar-refractivity contribution < 1.29 is 19.5 Å². The van der Waals surface area contributed by atoms with Crippen LogP contribution in [0.2, 0.25) is 15.1 Å². The summed E-state index contributed by atoms with van der Waals surface area (Å²) in [6.07, 6.45) is -0.377. The molecule has 2 aromatic heterocycles. The third kappa shape index (κ3) is 5.44. The number of aromatic nitrogens is 3. The molecule has 1 amide bonds. The quantitative estimate of drug-likeness (QED) is 0.324. The standard InChI is InChI=1S/C24H17Cl3N4O4S/c1-12-29-30-20(11-28-23(35)13-6-7-18(26)19(27)8-13)31(12)24-16(9-14(36-24)10-21(32)33)22(34)15-4-2-3-5-17(15)25/h2-9H,10-11H2,1H3,(H,28,35)(H,32,33)/p-1. The largest absolute Gasteiger partial charge is 0.550 e. The van der Waals surface area contributed by atoms with Gasteiger partial charge in [0.2, 0.25) is 0 Å². The third-order valence-electron chi connectivity index (χ3n) is 5.13. The number of nitrogens with one attached hydrogen (secondary N) is 1. The van der Waals surface area contributed by atoms with E-state index in [-0.39, 0.29) is 34.1 Å². The molecule has 0 unspecified atom stereocenters. The average molecular weight is 563 g/mol. The maximum atomic E-state index is 13.4. The van der Waals surface area contributed by atoms with Gasteiger partial charge in [0, 0.05) is 28.4 Å². The minimum Gasteiger partial charge on any atom is -0.550 e. The highest BCUT2D eigenvalue weighted by molar-refractivity contribution is 7.15. The summed E-state index contributed by atoms with van der Waals surface area (Å²) in [5.41, 5.74) is 0.789. The number of benzene rings is 2. The number of ketones is 1. The summed E-state index contributed by atoms with van der Waals surface area (Å²) in [7, 11) is 0. The number of nitrogens with zero attached hydrogens (tertiary/aromatic N) is 3. The van der Waals surface area contributed by atoms with Crippen molar-refractivity contribution in [1.29, 1.82) is 0 Å². The fraction of sp³-hybridized carbons (Fsp3) is 0.125. The van der Waals surface area contributed by atoms with Crippen LogP contribution in [-0.4, -0.2) is 32.4 Å². The number of amides is 1. The molecule has 8 nitrogen and oxygen atoms in total. The molecule has 36 heavy (non-hydrogen) atoms. The Balaban J connectivity index is 1.70. The molecule has 2 aromatic carbocycles. The molecule has 0 radical (unpaired) electrons. The Bertz CT molecular complexity index is 1500. The van der Waals surface area contributed by atoms with Gasteiger partial charge >= 0.3 is 0 Å². The first-order valence-electron chi connectivity index (χ1n) is 10.4. The lowest BCUT2D eigenvalue weighted by atomic mass is 10.0. The van der Waals surface area contributed by atoms with E-state index in [0.29, 0.717) is 32.1 Å². The number of thiophene rings is 1. The Labute approximate surface area is 224 Å². The van der Waals surface area contributed by atoms with Gasteiger partial charge in [0.05, 0.1) is 27.2 Å². The molecular formula is C24H16Cl3N4O4S-. The van der Waals surface area contributed by atoms with Crippen molar-refractivity contribution >= 4 is 63.8 Å². The van der Waals surface area contributed by atoms with Crippen molar-refractivity contribution in [3.63, 3.8) is 0 Å². The van der Waals surface area contributed by atoms with E-state index in [1.165, 1.54) is 24.3 Å². The molecule has 2 heterocycles. The highest BCUT2D eigenvalue weighted by atomic mass is 35.5. The van der Waals surface area contributed by atoms with Gasteiger partial charge in [-0.1, -0.05) is 46.9 Å². The van der Waals surface area contributed by atoms with Gasteiger partial charge in [-0.2, -0.15) is 0 Å². The van der Waals surface area contributed by atoms with Gasteiger partial charge in [-0.15, -0.1) is 21.5 Å². The second-order valence-electron chi connectivity index (χ2n) is 7.60. The number of halogens is 3. The average Bonchev–Trinajstić information content (AvgIpc) is 3.41. The van der Waals surface area contributed by atoms with Gasteiger partial charge in [-0.25, -0.2) is 0 Å². The topological polar surface area (TPSA) is 117 Å². The van der Waals surface area contributed by atoms with E-state index >= 15 is 0 Å². The van der Waals surface area contributed by atoms with Crippen LogP contribution in [0, 0.1) is 6.92 Å². The van der Waals surface area contributed by atoms with Gasteiger partial charge in [-0.05, 0) is 43.3 Å². The summed E-state index contributed by atoms with van der Waals surface area (Å²) in [5.74, 6) is -1.33. The smallest absolute Gasteiger partial charge is 0.251 e. The van der Waals surface area contributed by atoms with Gasteiger partial charge in [0.25, 0.3) is 5.91 Å². The summed E-state index contributed by atoms with van der Waals surface area (Å²) in [6, 6.07) is 12.6. The van der Waals surface area contributed by atoms with Crippen LogP contribution in [0.15, 0.2) is 48.5 Å². The van der Waals surface area contributed by atoms with Crippen LogP contribution < -0.4 is 10.4 Å². The molecule has 0 bridgehead atoms. The lowest BCUT2D eigenvalue weighted by molar-refractivity contribution is -0.304. The number of aliphatic carboxylic acids is 1. The zero-order chi connectivity index (χ0) is 26.0. The SMILES string of the molecule is Cc1nnc(CNC(=O)c2ccc(Cl)c(Cl)c2)n1-c1sc(CC(=O)[O-])cc1C(=O)c1ccccc1Cl. The predicted octanol–water partition coefficient (Wildman–Crippen LogP) is 4.05. The maximum Gasteiger partial charge on any atom is 0.251 e. The van der Waals surface area contributed by atoms with Crippen molar-refractivity contribution in [1.82, 2.24) is 20.1 Å². The van der Waals surface area contributed by atoms with Crippen molar-refractivity contribution in [2.45, 2.75) is 19.9 Å². The van der Waals surface area contributed by atoms with Crippen molar-refractivity contribution in [3.05, 3.63) is 96.8 Å². The number of hydrogen-bond donors (Lipinski definition) is 1. The fourth-order valence-electron chi connectivity index (χ4n) is 3.46. The molecule has 4 aromatic rings. The molecule has 0 saturated heterocycles. The molecular weight excluding hydrogens is 547 g/mol. The number of carboxylic acid groups (broad SMARTS) is 1. The van der Waals surface area contributed by atoms with E-state index in [4.69, 9.17) is 34.8 Å². The Kier molecular flexibility index (Phi) is 7.75. The Morgan fingerprint density at radius 2 is 1.72 bits per heavy atom. The second kappa shape index (κ2) is 10.8. The number of rotatable bonds is 8. The van der Waals surface area contributed by atoms with Crippen LogP contribution in [0.5, 0.6) is 0 Å². The second-order valence-corrected chi connectivity index (χ2v) is 9.94. The fourth-order valence-corrected chi connectivity index (χ4v) is 5.19. The van der Waals surface area contributed by atoms with Gasteiger partial charge in [-0.3, -0.25) is 14.2 Å². The molecule has 0 aliphatic rings. The molecule has 0 aliphatic heterocycles. The maximum absolute atomic E-state index is 13.4. The van der Waals surface area contributed by atoms with Crippen molar-refractivity contribution in [3.8, 4) is 5.00 Å². The van der Waals surface area contributed by atoms with Gasteiger partial charge < -0.3 is 15.2 Å². The highest BCUT2D eigenvalue weighted by Crippen LogP contribution is 2.32. The summed E-state index contributed by atoms with van der Waals surface area (Å²) < 4.78 is 1.60. The molecule has 4 rings (SSSR count). The third-order valence-corrected chi connectivity index (χ3v) is 7.32. The summed E-state index contributed by atoms with van der Waals surface area (Å²) >= 11 is 19.3. The van der Waals surface area contributed by atoms with E-state index in [2.05, 4.69) is 15.5 Å². The van der Waals surface area contributed by atoms with E-state index in [9.17, 15) is 19.5 Å². The number of carboxylic acids is 1. The number of carbonyl (C=O) groups is 3. The lowest BCUT2D eigenvalue weighted by Gasteiger charge is -2.11. The zero-order valence-electron chi connectivity index (χ0n) is 18.5. The molecule has 1 N–H and O–H groups in total. The molecule has 0 spiro atoms. The van der Waals surface area contributed by atoms with Crippen molar-refractivity contribution in [2.75, 3.05) is 0 Å². The van der Waals surface area contributed by atoms with E-state index in [1.807, 2.05) is 0 Å². The van der Waals surface area contributed by atoms with E-state index < -0.39 is 17.7 Å². The van der Waals surface area contributed by atoms with Crippen LogP contribution in [0.1, 0.15) is 42.8 Å². The first-order valence-corrected chi connectivity index (χ1v) is 12.4. The Hall–Kier alpha value is -3.24. The molecule has 184 valence electrons. The molecule has 0 atom stereocenters. The van der Waals surface area contributed by atoms with Crippen LogP contribution in [0.4, 0.5) is 0 Å². The number of aryl methyl sites for hydroxylation is 1. The van der Waals surface area contributed by atoms with Crippen LogP contribution in [0.3, 0.4) is 0 Å². The molecule has 0 saturated carbocycles. The van der Waals surface area contributed by atoms with Gasteiger partial charge in [0.15, 0.2) is 11.6 Å². The van der Waals surface area contributed by atoms with Crippen molar-refractivity contribution in [2.24, 2.45) is 0 Å². The first kappa shape index (κ1) is 25.8. The monoisotopic (exact) mass is 561 g/mol. The zero-order valence-corrected chi connectivity index (χ0v) is 21.6. The lowest BCUT2D eigenvalue weighted by Crippen LogP contribution is -2.24. The first-order chi connectivity index (χ1) is 17.2. The normalized spacial score (nSPS) is 10.9. The van der Waals surface area contributed by atoms with Gasteiger partial charge in [0.1, 0.15) is 10.8 Å². The molecule has 0 aliphatic carbocycles. The Morgan fingerprint density at radius 1 is 0.972 bits per heavy atom. The summed E-state index contributed by atoms with van der Waals surface area (Å²) in [5, 5.41) is 23.5. The minimum atomic E-state index is -1.28. The van der Waals surface area contributed by atoms with Crippen LogP contribution in [0.25, 0.3) is 5.00 Å². The molecule has 12 heteroatoms. The number of hydrogen-bond acceptors (Lipinski definition) is 7. The summed E-state index contributed by atoms with van der Waals surface area (Å²) in [6.45, 7) is 1.65. The number of carbonyl (C=O) groups excluding carboxylic acids is 3. The Morgan fingerprint density at radius 3 is 2.42 bits per heavy atom. The highest BCUT2D eigenvalue weighted by Gasteiger charge is 2.24. The minimum absolute atomic E-state index is 0.0344. The molecule has 0 fully saturated rings. The van der Waals surface area contributed by atoms with Crippen LogP contribution >= 0.6 is 46.1 Å². The van der Waals surface area contributed by atoms with Crippen LogP contribution in [-0.2, 0) is 17.8 Å².